The van der Waals surface area contributed by atoms with Crippen molar-refractivity contribution in [2.24, 2.45) is 10.7 Å². The molecule has 0 saturated carbocycles. The number of rotatable bonds is 4. The Morgan fingerprint density at radius 2 is 2.16 bits per heavy atom. The first kappa shape index (κ1) is 21.5. The lowest BCUT2D eigenvalue weighted by Gasteiger charge is -2.18. The maximum absolute atomic E-state index is 13.0. The van der Waals surface area contributed by atoms with Crippen LogP contribution < -0.4 is 10.6 Å². The molecule has 1 atom stereocenters. The third-order valence-corrected chi connectivity index (χ3v) is 6.79. The van der Waals surface area contributed by atoms with Crippen LogP contribution in [0.3, 0.4) is 0 Å². The van der Waals surface area contributed by atoms with E-state index in [1.54, 1.807) is 6.07 Å². The number of nitrogens with two attached hydrogens (primary N) is 1. The van der Waals surface area contributed by atoms with E-state index in [0.29, 0.717) is 45.2 Å². The summed E-state index contributed by atoms with van der Waals surface area (Å²) in [5.41, 5.74) is 7.30. The SMILES string of the molecule is CCc1[nH]c2nc(Sc3cnc4c(c3)N=C(C(F)(F)F)C4)nc(N3CC[C@@H](N)C3)c2c1Cl. The van der Waals surface area contributed by atoms with E-state index in [-0.39, 0.29) is 18.2 Å². The van der Waals surface area contributed by atoms with Gasteiger partial charge >= 0.3 is 6.18 Å². The van der Waals surface area contributed by atoms with Crippen LogP contribution in [0.4, 0.5) is 24.7 Å². The molecule has 168 valence electrons. The molecule has 3 N–H and O–H groups in total. The molecule has 0 aliphatic carbocycles. The lowest BCUT2D eigenvalue weighted by atomic mass is 10.2. The van der Waals surface area contributed by atoms with Crippen LogP contribution in [0.2, 0.25) is 5.02 Å². The Morgan fingerprint density at radius 3 is 2.84 bits per heavy atom. The van der Waals surface area contributed by atoms with E-state index in [2.05, 4.69) is 24.8 Å². The third-order valence-electron chi connectivity index (χ3n) is 5.55. The molecule has 2 aliphatic rings. The van der Waals surface area contributed by atoms with Gasteiger partial charge in [0.2, 0.25) is 0 Å². The van der Waals surface area contributed by atoms with Crippen molar-refractivity contribution < 1.29 is 13.2 Å². The molecule has 1 fully saturated rings. The fraction of sp³-hybridized carbons (Fsp3) is 0.400. The zero-order valence-electron chi connectivity index (χ0n) is 17.0. The van der Waals surface area contributed by atoms with Crippen LogP contribution in [-0.4, -0.2) is 51.0 Å². The fourth-order valence-corrected chi connectivity index (χ4v) is 5.04. The van der Waals surface area contributed by atoms with E-state index in [1.807, 2.05) is 6.92 Å². The zero-order valence-corrected chi connectivity index (χ0v) is 18.6. The summed E-state index contributed by atoms with van der Waals surface area (Å²) < 4.78 is 39.0. The van der Waals surface area contributed by atoms with Crippen molar-refractivity contribution >= 4 is 51.6 Å². The standard InChI is InChI=1S/C20H19ClF3N7S/c1-2-11-16(21)15-17(28-11)29-19(30-18(15)31-4-3-9(25)8-31)32-10-5-13-12(26-7-10)6-14(27-13)20(22,23)24/h5,7,9H,2-4,6,8,25H2,1H3,(H,28,29,30)/t9-/m1/s1. The molecular weight excluding hydrogens is 463 g/mol. The highest BCUT2D eigenvalue weighted by Gasteiger charge is 2.39. The maximum atomic E-state index is 13.0. The van der Waals surface area contributed by atoms with Crippen LogP contribution in [0.5, 0.6) is 0 Å². The molecule has 5 heterocycles. The van der Waals surface area contributed by atoms with E-state index < -0.39 is 11.9 Å². The molecule has 2 aliphatic heterocycles. The van der Waals surface area contributed by atoms with E-state index >= 15 is 0 Å². The number of H-pyrrole nitrogens is 1. The number of aliphatic imine (C=N–C) groups is 1. The van der Waals surface area contributed by atoms with E-state index in [4.69, 9.17) is 22.3 Å². The minimum atomic E-state index is -4.46. The van der Waals surface area contributed by atoms with Gasteiger partial charge in [0.15, 0.2) is 5.16 Å². The fourth-order valence-electron chi connectivity index (χ4n) is 3.93. The van der Waals surface area contributed by atoms with Gasteiger partial charge in [-0.15, -0.1) is 0 Å². The van der Waals surface area contributed by atoms with Crippen molar-refractivity contribution in [2.75, 3.05) is 18.0 Å². The highest BCUT2D eigenvalue weighted by molar-refractivity contribution is 7.99. The second-order valence-corrected chi connectivity index (χ2v) is 9.21. The monoisotopic (exact) mass is 481 g/mol. The lowest BCUT2D eigenvalue weighted by Crippen LogP contribution is -2.27. The predicted molar refractivity (Wildman–Crippen MR) is 118 cm³/mol. The largest absolute Gasteiger partial charge is 0.429 e. The topological polar surface area (TPSA) is 96.1 Å². The summed E-state index contributed by atoms with van der Waals surface area (Å²) in [6, 6.07) is 1.64. The summed E-state index contributed by atoms with van der Waals surface area (Å²) in [4.78, 5) is 23.2. The van der Waals surface area contributed by atoms with Gasteiger partial charge in [-0.2, -0.15) is 13.2 Å². The van der Waals surface area contributed by atoms with Gasteiger partial charge in [-0.1, -0.05) is 18.5 Å². The van der Waals surface area contributed by atoms with Crippen molar-refractivity contribution in [1.82, 2.24) is 19.9 Å². The Kier molecular flexibility index (Phi) is 5.30. The van der Waals surface area contributed by atoms with Gasteiger partial charge < -0.3 is 15.6 Å². The Bertz CT molecular complexity index is 1240. The van der Waals surface area contributed by atoms with E-state index in [0.717, 1.165) is 24.0 Å². The van der Waals surface area contributed by atoms with Gasteiger partial charge in [0.25, 0.3) is 0 Å². The summed E-state index contributed by atoms with van der Waals surface area (Å²) in [7, 11) is 0. The van der Waals surface area contributed by atoms with Crippen LogP contribution >= 0.6 is 23.4 Å². The Labute approximate surface area is 190 Å². The van der Waals surface area contributed by atoms with Crippen molar-refractivity contribution in [2.45, 2.75) is 48.5 Å². The molecule has 3 aromatic heterocycles. The molecule has 12 heteroatoms. The van der Waals surface area contributed by atoms with Crippen molar-refractivity contribution in [3.8, 4) is 0 Å². The number of aromatic amines is 1. The predicted octanol–water partition coefficient (Wildman–Crippen LogP) is 4.45. The molecule has 5 rings (SSSR count). The zero-order chi connectivity index (χ0) is 22.6. The first-order valence-electron chi connectivity index (χ1n) is 10.1. The number of aryl methyl sites for hydroxylation is 1. The number of anilines is 1. The third kappa shape index (κ3) is 3.82. The summed E-state index contributed by atoms with van der Waals surface area (Å²) in [6.45, 7) is 3.42. The molecule has 0 spiro atoms. The van der Waals surface area contributed by atoms with Crippen LogP contribution in [0.15, 0.2) is 27.3 Å². The summed E-state index contributed by atoms with van der Waals surface area (Å²) >= 11 is 7.83. The van der Waals surface area contributed by atoms with Gasteiger partial charge in [-0.25, -0.2) is 15.0 Å². The molecular formula is C20H19ClF3N7S. The molecule has 0 bridgehead atoms. The molecule has 0 amide bonds. The van der Waals surface area contributed by atoms with Crippen LogP contribution in [0, 0.1) is 0 Å². The van der Waals surface area contributed by atoms with Crippen molar-refractivity contribution in [1.29, 1.82) is 0 Å². The lowest BCUT2D eigenvalue weighted by molar-refractivity contribution is -0.0597. The number of hydrogen-bond donors (Lipinski definition) is 2. The summed E-state index contributed by atoms with van der Waals surface area (Å²) in [6.07, 6.45) is -1.68. The summed E-state index contributed by atoms with van der Waals surface area (Å²) in [5, 5.41) is 1.80. The number of pyridine rings is 1. The Balaban J connectivity index is 1.52. The number of alkyl halides is 3. The van der Waals surface area contributed by atoms with Crippen molar-refractivity contribution in [3.63, 3.8) is 0 Å². The quantitative estimate of drug-likeness (QED) is 0.534. The average molecular weight is 482 g/mol. The minimum Gasteiger partial charge on any atom is -0.354 e. The van der Waals surface area contributed by atoms with Gasteiger partial charge in [0.1, 0.15) is 17.2 Å². The van der Waals surface area contributed by atoms with Gasteiger partial charge in [0.05, 0.1) is 21.8 Å². The Morgan fingerprint density at radius 1 is 1.34 bits per heavy atom. The normalized spacial score (nSPS) is 18.5. The number of aromatic nitrogens is 4. The smallest absolute Gasteiger partial charge is 0.354 e. The highest BCUT2D eigenvalue weighted by Crippen LogP contribution is 2.39. The number of nitrogens with one attached hydrogen (secondary N) is 1. The molecule has 0 unspecified atom stereocenters. The minimum absolute atomic E-state index is 0.0566. The van der Waals surface area contributed by atoms with E-state index in [9.17, 15) is 13.2 Å². The first-order chi connectivity index (χ1) is 15.2. The second kappa shape index (κ2) is 7.89. The summed E-state index contributed by atoms with van der Waals surface area (Å²) in [5.74, 6) is 0.706. The number of hydrogen-bond acceptors (Lipinski definition) is 7. The molecule has 3 aromatic rings. The number of halogens is 4. The Hall–Kier alpha value is -2.37. The van der Waals surface area contributed by atoms with E-state index in [1.165, 1.54) is 18.0 Å². The maximum Gasteiger partial charge on any atom is 0.429 e. The number of fused-ring (bicyclic) bond motifs is 2. The van der Waals surface area contributed by atoms with Crippen LogP contribution in [0.1, 0.15) is 24.7 Å². The van der Waals surface area contributed by atoms with Gasteiger partial charge in [-0.05, 0) is 30.7 Å². The highest BCUT2D eigenvalue weighted by atomic mass is 35.5. The second-order valence-electron chi connectivity index (χ2n) is 7.79. The molecule has 7 nitrogen and oxygen atoms in total. The molecule has 32 heavy (non-hydrogen) atoms. The number of nitrogens with zero attached hydrogens (tertiary/aromatic N) is 5. The van der Waals surface area contributed by atoms with Crippen LogP contribution in [-0.2, 0) is 12.8 Å². The average Bonchev–Trinajstić information content (AvgIpc) is 3.44. The molecule has 0 radical (unpaired) electrons. The van der Waals surface area contributed by atoms with Crippen LogP contribution in [0.25, 0.3) is 11.0 Å². The van der Waals surface area contributed by atoms with Gasteiger partial charge in [-0.3, -0.25) is 4.98 Å². The first-order valence-corrected chi connectivity index (χ1v) is 11.3. The van der Waals surface area contributed by atoms with Gasteiger partial charge in [0, 0.05) is 42.3 Å². The molecule has 1 saturated heterocycles. The van der Waals surface area contributed by atoms with Crippen molar-refractivity contribution in [3.05, 3.63) is 28.7 Å². The molecule has 0 aromatic carbocycles.